The van der Waals surface area contributed by atoms with Crippen LogP contribution in [0.1, 0.15) is 41.8 Å². The van der Waals surface area contributed by atoms with Gasteiger partial charge >= 0.3 is 0 Å². The molecule has 4 nitrogen and oxygen atoms in total. The first kappa shape index (κ1) is 17.0. The number of benzene rings is 1. The van der Waals surface area contributed by atoms with Crippen LogP contribution in [0.5, 0.6) is 5.75 Å². The fourth-order valence-electron chi connectivity index (χ4n) is 2.99. The van der Waals surface area contributed by atoms with Crippen LogP contribution >= 0.6 is 0 Å². The molecular formula is C18H28N2O2. The van der Waals surface area contributed by atoms with Crippen molar-refractivity contribution in [2.24, 2.45) is 0 Å². The van der Waals surface area contributed by atoms with E-state index in [9.17, 15) is 4.79 Å². The summed E-state index contributed by atoms with van der Waals surface area (Å²) in [6.45, 7) is 12.5. The minimum absolute atomic E-state index is 0.104. The summed E-state index contributed by atoms with van der Waals surface area (Å²) >= 11 is 0. The van der Waals surface area contributed by atoms with Crippen molar-refractivity contribution in [3.8, 4) is 5.75 Å². The van der Waals surface area contributed by atoms with Crippen molar-refractivity contribution in [1.82, 2.24) is 10.2 Å². The Hall–Kier alpha value is -1.39. The molecule has 1 aromatic rings. The minimum atomic E-state index is -0.104. The molecule has 1 heterocycles. The van der Waals surface area contributed by atoms with Gasteiger partial charge in [0.2, 0.25) is 0 Å². The average molecular weight is 304 g/mol. The van der Waals surface area contributed by atoms with Crippen LogP contribution in [0, 0.1) is 13.8 Å². The molecule has 1 aliphatic heterocycles. The molecule has 0 aliphatic carbocycles. The molecule has 122 valence electrons. The number of hydrogen-bond acceptors (Lipinski definition) is 4. The molecule has 0 saturated carbocycles. The summed E-state index contributed by atoms with van der Waals surface area (Å²) in [4.78, 5) is 15.2. The first-order valence-electron chi connectivity index (χ1n) is 8.27. The largest absolute Gasteiger partial charge is 0.493 e. The summed E-state index contributed by atoms with van der Waals surface area (Å²) in [7, 11) is 0. The summed E-state index contributed by atoms with van der Waals surface area (Å²) in [5.74, 6) is 0.930. The highest BCUT2D eigenvalue weighted by molar-refractivity contribution is 6.02. The Morgan fingerprint density at radius 1 is 1.32 bits per heavy atom. The zero-order chi connectivity index (χ0) is 16.1. The van der Waals surface area contributed by atoms with Crippen molar-refractivity contribution < 1.29 is 9.53 Å². The molecule has 0 spiro atoms. The van der Waals surface area contributed by atoms with Crippen LogP contribution in [-0.4, -0.2) is 49.5 Å². The second-order valence-electron chi connectivity index (χ2n) is 6.13. The number of carbonyl (C=O) groups is 1. The Morgan fingerprint density at radius 2 is 2.00 bits per heavy atom. The second-order valence-corrected chi connectivity index (χ2v) is 6.13. The first-order chi connectivity index (χ1) is 10.5. The van der Waals surface area contributed by atoms with Crippen molar-refractivity contribution in [3.63, 3.8) is 0 Å². The molecule has 1 fully saturated rings. The predicted octanol–water partition coefficient (Wildman–Crippen LogP) is 2.57. The minimum Gasteiger partial charge on any atom is -0.493 e. The number of ketones is 1. The molecular weight excluding hydrogens is 276 g/mol. The molecule has 4 heteroatoms. The van der Waals surface area contributed by atoms with Crippen LogP contribution in [0.15, 0.2) is 12.1 Å². The molecule has 1 aliphatic rings. The van der Waals surface area contributed by atoms with Gasteiger partial charge in [-0.05, 0) is 44.4 Å². The molecule has 0 radical (unpaired) electrons. The standard InChI is InChI=1S/C18H28N2O2/c1-5-10-22-18-14(3)11-13(2)12-16(18)17(21)15(4)20-8-6-19-7-9-20/h11-12,15,19H,5-10H2,1-4H3. The number of carbonyl (C=O) groups excluding carboxylic acids is 1. The van der Waals surface area contributed by atoms with E-state index in [-0.39, 0.29) is 11.8 Å². The summed E-state index contributed by atoms with van der Waals surface area (Å²) in [5, 5.41) is 3.33. The second kappa shape index (κ2) is 7.75. The molecule has 1 saturated heterocycles. The Morgan fingerprint density at radius 3 is 2.64 bits per heavy atom. The number of aryl methyl sites for hydroxylation is 2. The van der Waals surface area contributed by atoms with E-state index in [1.54, 1.807) is 0 Å². The monoisotopic (exact) mass is 304 g/mol. The molecule has 0 aromatic heterocycles. The maximum atomic E-state index is 13.0. The quantitative estimate of drug-likeness (QED) is 0.820. The number of rotatable bonds is 6. The zero-order valence-corrected chi connectivity index (χ0v) is 14.2. The Balaban J connectivity index is 2.26. The normalized spacial score (nSPS) is 17.3. The van der Waals surface area contributed by atoms with E-state index in [0.29, 0.717) is 6.61 Å². The summed E-state index contributed by atoms with van der Waals surface area (Å²) < 4.78 is 5.88. The average Bonchev–Trinajstić information content (AvgIpc) is 2.53. The molecule has 1 atom stereocenters. The number of nitrogens with one attached hydrogen (secondary N) is 1. The lowest BCUT2D eigenvalue weighted by Gasteiger charge is -2.32. The predicted molar refractivity (Wildman–Crippen MR) is 89.9 cm³/mol. The van der Waals surface area contributed by atoms with E-state index in [2.05, 4.69) is 23.2 Å². The molecule has 0 amide bonds. The highest BCUT2D eigenvalue weighted by Gasteiger charge is 2.26. The zero-order valence-electron chi connectivity index (χ0n) is 14.2. The molecule has 0 bridgehead atoms. The molecule has 1 N–H and O–H groups in total. The maximum Gasteiger partial charge on any atom is 0.183 e. The number of ether oxygens (including phenoxy) is 1. The van der Waals surface area contributed by atoms with Crippen LogP contribution in [0.3, 0.4) is 0 Å². The summed E-state index contributed by atoms with van der Waals surface area (Å²) in [6.07, 6.45) is 0.939. The van der Waals surface area contributed by atoms with Gasteiger partial charge in [0.1, 0.15) is 5.75 Å². The van der Waals surface area contributed by atoms with Gasteiger partial charge in [-0.25, -0.2) is 0 Å². The number of piperazine rings is 1. The lowest BCUT2D eigenvalue weighted by molar-refractivity contribution is 0.0816. The van der Waals surface area contributed by atoms with Crippen LogP contribution in [0.2, 0.25) is 0 Å². The topological polar surface area (TPSA) is 41.6 Å². The van der Waals surface area contributed by atoms with Crippen molar-refractivity contribution in [2.75, 3.05) is 32.8 Å². The number of Topliss-reactive ketones (excluding diaryl/α,β-unsaturated/α-hetero) is 1. The van der Waals surface area contributed by atoms with E-state index < -0.39 is 0 Å². The number of hydrogen-bond donors (Lipinski definition) is 1. The maximum absolute atomic E-state index is 13.0. The van der Waals surface area contributed by atoms with E-state index in [1.807, 2.05) is 26.8 Å². The fraction of sp³-hybridized carbons (Fsp3) is 0.611. The lowest BCUT2D eigenvalue weighted by Crippen LogP contribution is -2.50. The van der Waals surface area contributed by atoms with E-state index in [1.165, 1.54) is 0 Å². The molecule has 2 rings (SSSR count). The fourth-order valence-corrected chi connectivity index (χ4v) is 2.99. The van der Waals surface area contributed by atoms with Gasteiger partial charge in [0.15, 0.2) is 5.78 Å². The van der Waals surface area contributed by atoms with Crippen molar-refractivity contribution in [3.05, 3.63) is 28.8 Å². The molecule has 1 aromatic carbocycles. The smallest absolute Gasteiger partial charge is 0.183 e. The third-order valence-corrected chi connectivity index (χ3v) is 4.21. The highest BCUT2D eigenvalue weighted by atomic mass is 16.5. The van der Waals surface area contributed by atoms with Gasteiger partial charge in [-0.2, -0.15) is 0 Å². The van der Waals surface area contributed by atoms with E-state index in [4.69, 9.17) is 4.74 Å². The van der Waals surface area contributed by atoms with E-state index in [0.717, 1.165) is 55.0 Å². The van der Waals surface area contributed by atoms with Crippen LogP contribution < -0.4 is 10.1 Å². The Kier molecular flexibility index (Phi) is 5.98. The SMILES string of the molecule is CCCOc1c(C)cc(C)cc1C(=O)C(C)N1CCNCC1. The van der Waals surface area contributed by atoms with Gasteiger partial charge in [-0.15, -0.1) is 0 Å². The van der Waals surface area contributed by atoms with Crippen molar-refractivity contribution >= 4 is 5.78 Å². The third-order valence-electron chi connectivity index (χ3n) is 4.21. The highest BCUT2D eigenvalue weighted by Crippen LogP contribution is 2.27. The number of nitrogens with zero attached hydrogens (tertiary/aromatic N) is 1. The van der Waals surface area contributed by atoms with Gasteiger partial charge in [0, 0.05) is 26.2 Å². The molecule has 22 heavy (non-hydrogen) atoms. The van der Waals surface area contributed by atoms with Gasteiger partial charge in [0.05, 0.1) is 18.2 Å². The van der Waals surface area contributed by atoms with Crippen LogP contribution in [-0.2, 0) is 0 Å². The van der Waals surface area contributed by atoms with Gasteiger partial charge in [-0.1, -0.05) is 13.0 Å². The Bertz CT molecular complexity index is 522. The summed E-state index contributed by atoms with van der Waals surface area (Å²) in [6, 6.07) is 3.95. The Labute approximate surface area is 133 Å². The summed E-state index contributed by atoms with van der Waals surface area (Å²) in [5.41, 5.74) is 2.89. The third kappa shape index (κ3) is 3.87. The van der Waals surface area contributed by atoms with Crippen molar-refractivity contribution in [1.29, 1.82) is 0 Å². The van der Waals surface area contributed by atoms with Gasteiger partial charge < -0.3 is 10.1 Å². The van der Waals surface area contributed by atoms with E-state index >= 15 is 0 Å². The first-order valence-corrected chi connectivity index (χ1v) is 8.27. The van der Waals surface area contributed by atoms with Crippen LogP contribution in [0.25, 0.3) is 0 Å². The lowest BCUT2D eigenvalue weighted by atomic mass is 9.98. The van der Waals surface area contributed by atoms with Gasteiger partial charge in [0.25, 0.3) is 0 Å². The molecule has 1 unspecified atom stereocenters. The van der Waals surface area contributed by atoms with Gasteiger partial charge in [-0.3, -0.25) is 9.69 Å². The van der Waals surface area contributed by atoms with Crippen molar-refractivity contribution in [2.45, 2.75) is 40.2 Å². The van der Waals surface area contributed by atoms with Crippen LogP contribution in [0.4, 0.5) is 0 Å².